The van der Waals surface area contributed by atoms with Crippen molar-refractivity contribution in [2.75, 3.05) is 5.32 Å². The zero-order chi connectivity index (χ0) is 19.7. The monoisotopic (exact) mass is 423 g/mol. The molecule has 2 aliphatic rings. The Bertz CT molecular complexity index is 865. The second kappa shape index (κ2) is 8.57. The first kappa shape index (κ1) is 19.9. The van der Waals surface area contributed by atoms with Crippen molar-refractivity contribution in [1.82, 2.24) is 9.71 Å². The topological polar surface area (TPSA) is 74.2 Å². The Hall–Kier alpha value is -1.35. The summed E-state index contributed by atoms with van der Waals surface area (Å²) in [5.74, 6) is 0.205. The van der Waals surface area contributed by atoms with Gasteiger partial charge in [0, 0.05) is 22.5 Å². The molecule has 8 heteroatoms. The lowest BCUT2D eigenvalue weighted by Gasteiger charge is -2.32. The van der Waals surface area contributed by atoms with Crippen molar-refractivity contribution in [2.45, 2.75) is 64.0 Å². The van der Waals surface area contributed by atoms with Crippen LogP contribution in [0.25, 0.3) is 11.3 Å². The summed E-state index contributed by atoms with van der Waals surface area (Å²) in [5.41, 5.74) is 3.06. The van der Waals surface area contributed by atoms with E-state index >= 15 is 0 Å². The highest BCUT2D eigenvalue weighted by molar-refractivity contribution is 7.77. The summed E-state index contributed by atoms with van der Waals surface area (Å²) in [7, 11) is 0. The van der Waals surface area contributed by atoms with Crippen molar-refractivity contribution in [3.8, 4) is 11.3 Å². The first-order valence-electron chi connectivity index (χ1n) is 9.91. The molecule has 2 aliphatic carbocycles. The molecule has 0 aliphatic heterocycles. The molecule has 1 saturated carbocycles. The van der Waals surface area contributed by atoms with E-state index in [1.165, 1.54) is 16.5 Å². The number of anilines is 1. The summed E-state index contributed by atoms with van der Waals surface area (Å²) in [6.45, 7) is 1.97. The molecule has 0 spiro atoms. The van der Waals surface area contributed by atoms with Gasteiger partial charge in [-0.1, -0.05) is 6.07 Å². The van der Waals surface area contributed by atoms with Gasteiger partial charge in [0.25, 0.3) is 0 Å². The summed E-state index contributed by atoms with van der Waals surface area (Å²) in [4.78, 5) is 6.08. The van der Waals surface area contributed by atoms with Crippen LogP contribution in [0.4, 0.5) is 9.52 Å². The largest absolute Gasteiger partial charge is 0.359 e. The van der Waals surface area contributed by atoms with E-state index in [2.05, 4.69) is 10.0 Å². The number of nitrogens with zero attached hydrogens (tertiary/aromatic N) is 1. The summed E-state index contributed by atoms with van der Waals surface area (Å²) < 4.78 is 36.4. The van der Waals surface area contributed by atoms with Crippen molar-refractivity contribution in [3.05, 3.63) is 34.5 Å². The SMILES string of the molecule is CC(NS(=O)O)C1CCC(Nc2nc3c(s2)CCCc2ccc(F)cc2-3)CC1. The van der Waals surface area contributed by atoms with E-state index in [0.29, 0.717) is 12.0 Å². The smallest absolute Gasteiger partial charge is 0.231 e. The van der Waals surface area contributed by atoms with Crippen molar-refractivity contribution >= 4 is 27.7 Å². The minimum atomic E-state index is -1.96. The lowest BCUT2D eigenvalue weighted by atomic mass is 9.82. The van der Waals surface area contributed by atoms with Gasteiger partial charge in [0.2, 0.25) is 11.3 Å². The average molecular weight is 424 g/mol. The van der Waals surface area contributed by atoms with Gasteiger partial charge in [0.15, 0.2) is 5.13 Å². The van der Waals surface area contributed by atoms with E-state index in [4.69, 9.17) is 9.54 Å². The second-order valence-electron chi connectivity index (χ2n) is 7.86. The summed E-state index contributed by atoms with van der Waals surface area (Å²) >= 11 is -0.259. The minimum Gasteiger partial charge on any atom is -0.359 e. The van der Waals surface area contributed by atoms with E-state index < -0.39 is 11.3 Å². The van der Waals surface area contributed by atoms with Crippen molar-refractivity contribution in [2.24, 2.45) is 5.92 Å². The highest BCUT2D eigenvalue weighted by atomic mass is 32.2. The molecule has 2 atom stereocenters. The maximum absolute atomic E-state index is 13.8. The fourth-order valence-corrected chi connectivity index (χ4v) is 6.02. The van der Waals surface area contributed by atoms with Crippen LogP contribution in [0.2, 0.25) is 0 Å². The molecule has 4 rings (SSSR count). The molecular weight excluding hydrogens is 397 g/mol. The number of aryl methyl sites for hydroxylation is 2. The zero-order valence-corrected chi connectivity index (χ0v) is 17.5. The lowest BCUT2D eigenvalue weighted by molar-refractivity contribution is 0.288. The van der Waals surface area contributed by atoms with Crippen LogP contribution < -0.4 is 10.0 Å². The lowest BCUT2D eigenvalue weighted by Crippen LogP contribution is -2.38. The quantitative estimate of drug-likeness (QED) is 0.618. The molecule has 3 N–H and O–H groups in total. The maximum Gasteiger partial charge on any atom is 0.231 e. The Balaban J connectivity index is 1.43. The Morgan fingerprint density at radius 1 is 1.29 bits per heavy atom. The van der Waals surface area contributed by atoms with Gasteiger partial charge in [0.1, 0.15) is 5.82 Å². The molecule has 2 unspecified atom stereocenters. The third kappa shape index (κ3) is 4.45. The molecule has 0 saturated heterocycles. The molecule has 1 aromatic carbocycles. The molecule has 2 aromatic rings. The van der Waals surface area contributed by atoms with E-state index in [-0.39, 0.29) is 11.9 Å². The number of hydrogen-bond donors (Lipinski definition) is 3. The summed E-state index contributed by atoms with van der Waals surface area (Å²) in [6.07, 6.45) is 7.09. The van der Waals surface area contributed by atoms with Crippen molar-refractivity contribution < 1.29 is 13.2 Å². The first-order valence-corrected chi connectivity index (χ1v) is 11.8. The Morgan fingerprint density at radius 2 is 2.07 bits per heavy atom. The Kier molecular flexibility index (Phi) is 6.10. The third-order valence-corrected chi connectivity index (χ3v) is 7.59. The third-order valence-electron chi connectivity index (χ3n) is 5.97. The highest BCUT2D eigenvalue weighted by Gasteiger charge is 2.27. The van der Waals surface area contributed by atoms with Crippen LogP contribution in [0.3, 0.4) is 0 Å². The number of hydrogen-bond acceptors (Lipinski definition) is 4. The molecule has 0 amide bonds. The Morgan fingerprint density at radius 3 is 2.82 bits per heavy atom. The predicted molar refractivity (Wildman–Crippen MR) is 112 cm³/mol. The summed E-state index contributed by atoms with van der Waals surface area (Å²) in [6, 6.07) is 5.45. The van der Waals surface area contributed by atoms with Crippen LogP contribution in [0.15, 0.2) is 18.2 Å². The number of benzene rings is 1. The van der Waals surface area contributed by atoms with Crippen LogP contribution in [0, 0.1) is 11.7 Å². The van der Waals surface area contributed by atoms with E-state index in [0.717, 1.165) is 61.3 Å². The molecule has 5 nitrogen and oxygen atoms in total. The number of rotatable bonds is 5. The van der Waals surface area contributed by atoms with Gasteiger partial charge < -0.3 is 5.32 Å². The fourth-order valence-electron chi connectivity index (χ4n) is 4.41. The van der Waals surface area contributed by atoms with Crippen LogP contribution in [0.5, 0.6) is 0 Å². The van der Waals surface area contributed by atoms with Gasteiger partial charge in [0.05, 0.1) is 5.69 Å². The normalized spacial score (nSPS) is 24.0. The van der Waals surface area contributed by atoms with Crippen molar-refractivity contribution in [3.63, 3.8) is 0 Å². The van der Waals surface area contributed by atoms with E-state index in [9.17, 15) is 8.60 Å². The Labute approximate surface area is 171 Å². The molecule has 28 heavy (non-hydrogen) atoms. The van der Waals surface area contributed by atoms with E-state index in [1.807, 2.05) is 13.0 Å². The van der Waals surface area contributed by atoms with Gasteiger partial charge in [-0.25, -0.2) is 18.3 Å². The maximum atomic E-state index is 13.8. The van der Waals surface area contributed by atoms with Gasteiger partial charge in [-0.2, -0.15) is 0 Å². The predicted octanol–water partition coefficient (Wildman–Crippen LogP) is 4.52. The van der Waals surface area contributed by atoms with Gasteiger partial charge in [-0.05, 0) is 75.5 Å². The van der Waals surface area contributed by atoms with Gasteiger partial charge >= 0.3 is 0 Å². The molecule has 1 fully saturated rings. The highest BCUT2D eigenvalue weighted by Crippen LogP contribution is 2.38. The van der Waals surface area contributed by atoms with Crippen LogP contribution >= 0.6 is 11.3 Å². The first-order chi connectivity index (χ1) is 13.5. The number of fused-ring (bicyclic) bond motifs is 3. The number of halogens is 1. The van der Waals surface area contributed by atoms with Gasteiger partial charge in [-0.3, -0.25) is 4.55 Å². The molecule has 0 radical (unpaired) electrons. The molecule has 1 aromatic heterocycles. The van der Waals surface area contributed by atoms with Gasteiger partial charge in [-0.15, -0.1) is 11.3 Å². The number of thiazole rings is 1. The second-order valence-corrected chi connectivity index (χ2v) is 9.68. The number of nitrogens with one attached hydrogen (secondary N) is 2. The van der Waals surface area contributed by atoms with Crippen molar-refractivity contribution in [1.29, 1.82) is 0 Å². The molecular formula is C20H26FN3O2S2. The molecule has 152 valence electrons. The van der Waals surface area contributed by atoms with Crippen LogP contribution in [0.1, 0.15) is 49.5 Å². The fraction of sp³-hybridized carbons (Fsp3) is 0.550. The van der Waals surface area contributed by atoms with Crippen LogP contribution in [-0.4, -0.2) is 25.8 Å². The average Bonchev–Trinajstić information content (AvgIpc) is 2.97. The van der Waals surface area contributed by atoms with Crippen LogP contribution in [-0.2, 0) is 24.1 Å². The van der Waals surface area contributed by atoms with E-state index in [1.54, 1.807) is 17.4 Å². The minimum absolute atomic E-state index is 0.0362. The molecule has 0 bridgehead atoms. The zero-order valence-electron chi connectivity index (χ0n) is 15.9. The summed E-state index contributed by atoms with van der Waals surface area (Å²) in [5, 5.41) is 4.51. The standard InChI is InChI=1S/C20H26FN3O2S2/c1-12(24-28(25)26)13-6-9-16(10-7-13)22-20-23-19-17-11-15(21)8-5-14(17)3-2-4-18(19)27-20/h5,8,11-13,16,24H,2-4,6-7,9-10H2,1H3,(H,22,23)(H,25,26). The number of aromatic nitrogens is 1. The molecule has 1 heterocycles.